The molecule has 0 spiro atoms. The van der Waals surface area contributed by atoms with Crippen LogP contribution in [0.3, 0.4) is 0 Å². The van der Waals surface area contributed by atoms with E-state index >= 15 is 0 Å². The van der Waals surface area contributed by atoms with E-state index in [-0.39, 0.29) is 24.7 Å². The first-order valence-electron chi connectivity index (χ1n) is 9.30. The first-order chi connectivity index (χ1) is 12.7. The number of aliphatic hydroxyl groups excluding tert-OH is 1. The molecule has 2 aromatic rings. The van der Waals surface area contributed by atoms with Crippen molar-refractivity contribution in [1.82, 2.24) is 14.9 Å². The van der Waals surface area contributed by atoms with Crippen LogP contribution in [0.15, 0.2) is 24.5 Å². The van der Waals surface area contributed by atoms with E-state index in [9.17, 15) is 4.79 Å². The van der Waals surface area contributed by atoms with E-state index in [0.29, 0.717) is 31.2 Å². The summed E-state index contributed by atoms with van der Waals surface area (Å²) >= 11 is 0. The molecule has 4 rings (SSSR count). The Labute approximate surface area is 152 Å². The number of nitrogens with zero attached hydrogens (tertiary/aromatic N) is 2. The van der Waals surface area contributed by atoms with Gasteiger partial charge in [-0.25, -0.2) is 4.98 Å². The summed E-state index contributed by atoms with van der Waals surface area (Å²) in [6.07, 6.45) is 5.01. The maximum absolute atomic E-state index is 12.7. The van der Waals surface area contributed by atoms with Crippen molar-refractivity contribution >= 4 is 16.9 Å². The molecule has 1 aromatic carbocycles. The van der Waals surface area contributed by atoms with Crippen molar-refractivity contribution in [3.8, 4) is 0 Å². The number of hydrogen-bond donors (Lipinski definition) is 2. The maximum atomic E-state index is 12.7. The Kier molecular flexibility index (Phi) is 5.19. The quantitative estimate of drug-likeness (QED) is 0.779. The minimum Gasteiger partial charge on any atom is -0.395 e. The second-order valence-electron chi connectivity index (χ2n) is 7.12. The van der Waals surface area contributed by atoms with Crippen molar-refractivity contribution in [1.29, 1.82) is 0 Å². The third-order valence-corrected chi connectivity index (χ3v) is 5.08. The molecule has 1 aliphatic carbocycles. The number of hydrogen-bond acceptors (Lipinski definition) is 5. The standard InChI is InChI=1S/C19H25N3O4/c23-7-6-22-12-20-15-9-14(3-4-17(15)22)19(24)21-16-11-25-8-5-18(16)26-10-13-1-2-13/h3-4,9,12-13,16,18,23H,1-2,5-8,10-11H2,(H,21,24)/t16-,18+/m1/s1. The van der Waals surface area contributed by atoms with E-state index in [1.807, 2.05) is 10.6 Å². The number of benzene rings is 1. The highest BCUT2D eigenvalue weighted by Crippen LogP contribution is 2.30. The molecule has 7 nitrogen and oxygen atoms in total. The molecule has 2 heterocycles. The molecule has 7 heteroatoms. The monoisotopic (exact) mass is 359 g/mol. The van der Waals surface area contributed by atoms with E-state index < -0.39 is 0 Å². The summed E-state index contributed by atoms with van der Waals surface area (Å²) in [5.41, 5.74) is 2.22. The number of rotatable bonds is 7. The fourth-order valence-electron chi connectivity index (χ4n) is 3.34. The highest BCUT2D eigenvalue weighted by Gasteiger charge is 2.31. The Bertz CT molecular complexity index is 771. The average molecular weight is 359 g/mol. The molecule has 140 valence electrons. The van der Waals surface area contributed by atoms with Crippen LogP contribution < -0.4 is 5.32 Å². The molecule has 0 unspecified atom stereocenters. The van der Waals surface area contributed by atoms with Gasteiger partial charge < -0.3 is 24.5 Å². The number of aliphatic hydroxyl groups is 1. The Morgan fingerprint density at radius 2 is 2.27 bits per heavy atom. The molecule has 26 heavy (non-hydrogen) atoms. The van der Waals surface area contributed by atoms with E-state index in [1.54, 1.807) is 18.5 Å². The van der Waals surface area contributed by atoms with Crippen molar-refractivity contribution in [3.63, 3.8) is 0 Å². The van der Waals surface area contributed by atoms with Crippen LogP contribution in [0.2, 0.25) is 0 Å². The molecular formula is C19H25N3O4. The van der Waals surface area contributed by atoms with E-state index in [4.69, 9.17) is 14.6 Å². The average Bonchev–Trinajstić information content (AvgIpc) is 3.41. The smallest absolute Gasteiger partial charge is 0.251 e. The van der Waals surface area contributed by atoms with Crippen molar-refractivity contribution in [2.45, 2.75) is 38.0 Å². The maximum Gasteiger partial charge on any atom is 0.251 e. The molecule has 1 aromatic heterocycles. The fourth-order valence-corrected chi connectivity index (χ4v) is 3.34. The second-order valence-corrected chi connectivity index (χ2v) is 7.12. The van der Waals surface area contributed by atoms with Crippen LogP contribution in [0.25, 0.3) is 11.0 Å². The number of ether oxygens (including phenoxy) is 2. The fraction of sp³-hybridized carbons (Fsp3) is 0.579. The van der Waals surface area contributed by atoms with Crippen LogP contribution in [-0.4, -0.2) is 59.1 Å². The minimum atomic E-state index is -0.140. The highest BCUT2D eigenvalue weighted by molar-refractivity contribution is 5.97. The zero-order valence-corrected chi connectivity index (χ0v) is 14.8. The van der Waals surface area contributed by atoms with E-state index in [0.717, 1.165) is 24.1 Å². The third kappa shape index (κ3) is 3.90. The lowest BCUT2D eigenvalue weighted by Gasteiger charge is -2.32. The summed E-state index contributed by atoms with van der Waals surface area (Å²) in [5, 5.41) is 12.2. The van der Waals surface area contributed by atoms with Crippen molar-refractivity contribution in [2.24, 2.45) is 5.92 Å². The largest absolute Gasteiger partial charge is 0.395 e. The van der Waals surface area contributed by atoms with Crippen molar-refractivity contribution in [3.05, 3.63) is 30.1 Å². The topological polar surface area (TPSA) is 85.6 Å². The van der Waals surface area contributed by atoms with Crippen LogP contribution in [0.1, 0.15) is 29.6 Å². The predicted octanol–water partition coefficient (Wildman–Crippen LogP) is 1.34. The SMILES string of the molecule is O=C(N[C@@H]1COCC[C@@H]1OCC1CC1)c1ccc2c(c1)ncn2CCO. The number of nitrogens with one attached hydrogen (secondary N) is 1. The van der Waals surface area contributed by atoms with Crippen LogP contribution in [0, 0.1) is 5.92 Å². The van der Waals surface area contributed by atoms with Gasteiger partial charge >= 0.3 is 0 Å². The van der Waals surface area contributed by atoms with Gasteiger partial charge in [-0.2, -0.15) is 0 Å². The Morgan fingerprint density at radius 1 is 1.38 bits per heavy atom. The van der Waals surface area contributed by atoms with Gasteiger partial charge in [-0.15, -0.1) is 0 Å². The number of carbonyl (C=O) groups excluding carboxylic acids is 1. The van der Waals surface area contributed by atoms with Gasteiger partial charge in [0.25, 0.3) is 5.91 Å². The van der Waals surface area contributed by atoms with Gasteiger partial charge in [-0.3, -0.25) is 4.79 Å². The van der Waals surface area contributed by atoms with E-state index in [1.165, 1.54) is 12.8 Å². The van der Waals surface area contributed by atoms with Gasteiger partial charge in [-0.1, -0.05) is 0 Å². The number of imidazole rings is 1. The molecule has 1 amide bonds. The van der Waals surface area contributed by atoms with Crippen LogP contribution in [-0.2, 0) is 16.0 Å². The normalized spacial score (nSPS) is 23.3. The molecule has 0 radical (unpaired) electrons. The van der Waals surface area contributed by atoms with Gasteiger partial charge in [0.05, 0.1) is 42.7 Å². The summed E-state index contributed by atoms with van der Waals surface area (Å²) in [6, 6.07) is 5.31. The number of carbonyl (C=O) groups is 1. The van der Waals surface area contributed by atoms with Gasteiger partial charge in [0, 0.05) is 25.3 Å². The first kappa shape index (κ1) is 17.5. The number of fused-ring (bicyclic) bond motifs is 1. The molecular weight excluding hydrogens is 334 g/mol. The summed E-state index contributed by atoms with van der Waals surface area (Å²) in [5.74, 6) is 0.560. The summed E-state index contributed by atoms with van der Waals surface area (Å²) in [6.45, 7) is 2.48. The van der Waals surface area contributed by atoms with Crippen molar-refractivity contribution in [2.75, 3.05) is 26.4 Å². The lowest BCUT2D eigenvalue weighted by atomic mass is 10.1. The van der Waals surface area contributed by atoms with Gasteiger partial charge in [0.1, 0.15) is 0 Å². The molecule has 2 N–H and O–H groups in total. The Morgan fingerprint density at radius 3 is 3.08 bits per heavy atom. The summed E-state index contributed by atoms with van der Waals surface area (Å²) < 4.78 is 13.4. The van der Waals surface area contributed by atoms with Gasteiger partial charge in [0.2, 0.25) is 0 Å². The lowest BCUT2D eigenvalue weighted by molar-refractivity contribution is -0.0567. The molecule has 1 aliphatic heterocycles. The third-order valence-electron chi connectivity index (χ3n) is 5.08. The van der Waals surface area contributed by atoms with Crippen LogP contribution >= 0.6 is 0 Å². The zero-order chi connectivity index (χ0) is 17.9. The lowest BCUT2D eigenvalue weighted by Crippen LogP contribution is -2.50. The number of amides is 1. The molecule has 1 saturated carbocycles. The van der Waals surface area contributed by atoms with Gasteiger partial charge in [-0.05, 0) is 43.4 Å². The summed E-state index contributed by atoms with van der Waals surface area (Å²) in [4.78, 5) is 17.0. The van der Waals surface area contributed by atoms with Crippen LogP contribution in [0.4, 0.5) is 0 Å². The Balaban J connectivity index is 1.43. The van der Waals surface area contributed by atoms with E-state index in [2.05, 4.69) is 10.3 Å². The number of aromatic nitrogens is 2. The molecule has 2 atom stereocenters. The van der Waals surface area contributed by atoms with Crippen molar-refractivity contribution < 1.29 is 19.4 Å². The first-order valence-corrected chi connectivity index (χ1v) is 9.30. The zero-order valence-electron chi connectivity index (χ0n) is 14.8. The summed E-state index contributed by atoms with van der Waals surface area (Å²) in [7, 11) is 0. The molecule has 1 saturated heterocycles. The molecule has 2 fully saturated rings. The van der Waals surface area contributed by atoms with Crippen LogP contribution in [0.5, 0.6) is 0 Å². The molecule has 0 bridgehead atoms. The second kappa shape index (κ2) is 7.73. The minimum absolute atomic E-state index is 0.0146. The Hall–Kier alpha value is -1.96. The predicted molar refractivity (Wildman–Crippen MR) is 96.0 cm³/mol. The molecule has 2 aliphatic rings. The highest BCUT2D eigenvalue weighted by atomic mass is 16.5. The van der Waals surface area contributed by atoms with Gasteiger partial charge in [0.15, 0.2) is 0 Å².